The Kier molecular flexibility index (Phi) is 7.95. The number of amides is 2. The van der Waals surface area contributed by atoms with Crippen molar-refractivity contribution in [2.75, 3.05) is 0 Å². The van der Waals surface area contributed by atoms with E-state index in [1.165, 1.54) is 0 Å². The summed E-state index contributed by atoms with van der Waals surface area (Å²) in [4.78, 5) is 25.7. The van der Waals surface area contributed by atoms with E-state index in [1.54, 1.807) is 60.7 Å². The average molecular weight is 594 g/mol. The summed E-state index contributed by atoms with van der Waals surface area (Å²) in [6.45, 7) is 0.231. The predicted molar refractivity (Wildman–Crippen MR) is 144 cm³/mol. The van der Waals surface area contributed by atoms with Crippen molar-refractivity contribution >= 4 is 85.3 Å². The van der Waals surface area contributed by atoms with Crippen molar-refractivity contribution in [1.29, 1.82) is 0 Å². The minimum absolute atomic E-state index is 0.231. The third-order valence-electron chi connectivity index (χ3n) is 4.74. The summed E-state index contributed by atoms with van der Waals surface area (Å²) in [6, 6.07) is 19.3. The molecule has 2 amide bonds. The third-order valence-corrected chi connectivity index (χ3v) is 7.28. The first-order valence-electron chi connectivity index (χ1n) is 9.82. The van der Waals surface area contributed by atoms with E-state index in [0.717, 1.165) is 26.8 Å². The van der Waals surface area contributed by atoms with Crippen LogP contribution < -0.4 is 10.2 Å². The topological polar surface area (TPSA) is 58.6 Å². The SMILES string of the molecule is O=C(NN1C(=O)/C(=C/c2ccc(OCc3c(Cl)cccc3Cl)cc2)SC1=S)c1ccc(Br)cc1. The van der Waals surface area contributed by atoms with E-state index in [1.807, 2.05) is 12.1 Å². The van der Waals surface area contributed by atoms with Gasteiger partial charge >= 0.3 is 0 Å². The summed E-state index contributed by atoms with van der Waals surface area (Å²) in [7, 11) is 0. The number of benzene rings is 3. The van der Waals surface area contributed by atoms with E-state index in [2.05, 4.69) is 21.4 Å². The van der Waals surface area contributed by atoms with Crippen molar-refractivity contribution in [3.05, 3.63) is 103 Å². The molecular formula is C24H15BrCl2N2O3S2. The molecule has 0 unspecified atom stereocenters. The van der Waals surface area contributed by atoms with Gasteiger partial charge in [0.05, 0.1) is 4.91 Å². The second kappa shape index (κ2) is 10.9. The molecule has 3 aromatic rings. The zero-order valence-electron chi connectivity index (χ0n) is 17.3. The molecule has 10 heteroatoms. The number of nitrogens with one attached hydrogen (secondary N) is 1. The lowest BCUT2D eigenvalue weighted by Crippen LogP contribution is -2.44. The van der Waals surface area contributed by atoms with Gasteiger partial charge in [0, 0.05) is 25.6 Å². The standard InChI is InChI=1S/C24H15BrCl2N2O3S2/c25-16-8-6-15(7-9-16)22(30)28-29-23(31)21(34-24(29)33)12-14-4-10-17(11-5-14)32-13-18-19(26)2-1-3-20(18)27/h1-12H,13H2,(H,28,30)/b21-12-. The fraction of sp³-hybridized carbons (Fsp3) is 0.0417. The highest BCUT2D eigenvalue weighted by Gasteiger charge is 2.33. The summed E-state index contributed by atoms with van der Waals surface area (Å²) < 4.78 is 6.88. The quantitative estimate of drug-likeness (QED) is 0.249. The number of halogens is 3. The van der Waals surface area contributed by atoms with Gasteiger partial charge in [0.15, 0.2) is 4.32 Å². The number of nitrogens with zero attached hydrogens (tertiary/aromatic N) is 1. The van der Waals surface area contributed by atoms with Crippen molar-refractivity contribution in [3.63, 3.8) is 0 Å². The molecule has 5 nitrogen and oxygen atoms in total. The molecule has 0 aromatic heterocycles. The Bertz CT molecular complexity index is 1280. The molecule has 0 saturated carbocycles. The van der Waals surface area contributed by atoms with E-state index in [-0.39, 0.29) is 10.9 Å². The van der Waals surface area contributed by atoms with E-state index >= 15 is 0 Å². The normalized spacial score (nSPS) is 14.6. The summed E-state index contributed by atoms with van der Waals surface area (Å²) in [5.74, 6) is -0.193. The molecule has 1 heterocycles. The monoisotopic (exact) mass is 592 g/mol. The summed E-state index contributed by atoms with van der Waals surface area (Å²) in [5.41, 5.74) is 4.47. The minimum atomic E-state index is -0.426. The molecule has 0 radical (unpaired) electrons. The fourth-order valence-corrected chi connectivity index (χ4v) is 4.92. The number of carbonyl (C=O) groups is 2. The van der Waals surface area contributed by atoms with Crippen LogP contribution in [0, 0.1) is 0 Å². The number of ether oxygens (including phenoxy) is 1. The van der Waals surface area contributed by atoms with Crippen molar-refractivity contribution in [1.82, 2.24) is 10.4 Å². The highest BCUT2D eigenvalue weighted by molar-refractivity contribution is 9.10. The number of rotatable bonds is 6. The predicted octanol–water partition coefficient (Wildman–Crippen LogP) is 6.88. The van der Waals surface area contributed by atoms with E-state index in [9.17, 15) is 9.59 Å². The van der Waals surface area contributed by atoms with Crippen LogP contribution in [-0.2, 0) is 11.4 Å². The highest BCUT2D eigenvalue weighted by atomic mass is 79.9. The van der Waals surface area contributed by atoms with Crippen molar-refractivity contribution < 1.29 is 14.3 Å². The van der Waals surface area contributed by atoms with Crippen LogP contribution in [0.5, 0.6) is 5.75 Å². The first-order chi connectivity index (χ1) is 16.3. The molecular weight excluding hydrogens is 579 g/mol. The lowest BCUT2D eigenvalue weighted by molar-refractivity contribution is -0.123. The first kappa shape index (κ1) is 24.8. The summed E-state index contributed by atoms with van der Waals surface area (Å²) >= 11 is 22.1. The molecule has 1 saturated heterocycles. The van der Waals surface area contributed by atoms with Crippen LogP contribution in [0.15, 0.2) is 76.1 Å². The van der Waals surface area contributed by atoms with E-state index in [0.29, 0.717) is 31.8 Å². The molecule has 1 fully saturated rings. The average Bonchev–Trinajstić information content (AvgIpc) is 3.07. The molecule has 1 N–H and O–H groups in total. The zero-order chi connectivity index (χ0) is 24.2. The Labute approximate surface area is 224 Å². The minimum Gasteiger partial charge on any atom is -0.489 e. The third kappa shape index (κ3) is 5.82. The van der Waals surface area contributed by atoms with Crippen LogP contribution in [0.1, 0.15) is 21.5 Å². The second-order valence-corrected chi connectivity index (χ2v) is 10.4. The van der Waals surface area contributed by atoms with Crippen LogP contribution in [0.3, 0.4) is 0 Å². The van der Waals surface area contributed by atoms with Crippen LogP contribution in [-0.4, -0.2) is 21.1 Å². The number of thioether (sulfide) groups is 1. The van der Waals surface area contributed by atoms with Gasteiger partial charge in [0.1, 0.15) is 12.4 Å². The van der Waals surface area contributed by atoms with Crippen molar-refractivity contribution in [2.24, 2.45) is 0 Å². The van der Waals surface area contributed by atoms with Gasteiger partial charge in [-0.1, -0.05) is 69.1 Å². The molecule has 3 aromatic carbocycles. The van der Waals surface area contributed by atoms with Crippen LogP contribution >= 0.6 is 63.1 Å². The van der Waals surface area contributed by atoms with Crippen LogP contribution in [0.4, 0.5) is 0 Å². The largest absolute Gasteiger partial charge is 0.489 e. The first-order valence-corrected chi connectivity index (χ1v) is 12.6. The highest BCUT2D eigenvalue weighted by Crippen LogP contribution is 2.32. The molecule has 0 spiro atoms. The molecule has 0 aliphatic carbocycles. The lowest BCUT2D eigenvalue weighted by Gasteiger charge is -2.15. The Morgan fingerprint density at radius 1 is 1.06 bits per heavy atom. The van der Waals surface area contributed by atoms with Gasteiger partial charge in [-0.25, -0.2) is 0 Å². The summed E-state index contributed by atoms with van der Waals surface area (Å²) in [5, 5.41) is 2.16. The lowest BCUT2D eigenvalue weighted by atomic mass is 10.2. The van der Waals surface area contributed by atoms with Crippen LogP contribution in [0.25, 0.3) is 6.08 Å². The molecule has 172 valence electrons. The number of hydrazine groups is 1. The Morgan fingerprint density at radius 2 is 1.71 bits per heavy atom. The van der Waals surface area contributed by atoms with Gasteiger partial charge < -0.3 is 4.74 Å². The Hall–Kier alpha value is -2.36. The fourth-order valence-electron chi connectivity index (χ4n) is 2.97. The van der Waals surface area contributed by atoms with Gasteiger partial charge in [0.25, 0.3) is 11.8 Å². The molecule has 0 atom stereocenters. The smallest absolute Gasteiger partial charge is 0.285 e. The maximum atomic E-state index is 12.8. The second-order valence-electron chi connectivity index (χ2n) is 7.02. The van der Waals surface area contributed by atoms with Gasteiger partial charge in [-0.05, 0) is 72.4 Å². The Morgan fingerprint density at radius 3 is 2.35 bits per heavy atom. The Balaban J connectivity index is 1.40. The van der Waals surface area contributed by atoms with Crippen molar-refractivity contribution in [3.8, 4) is 5.75 Å². The number of hydrogen-bond acceptors (Lipinski definition) is 5. The molecule has 34 heavy (non-hydrogen) atoms. The van der Waals surface area contributed by atoms with Gasteiger partial charge in [-0.15, -0.1) is 0 Å². The molecule has 0 bridgehead atoms. The van der Waals surface area contributed by atoms with E-state index in [4.69, 9.17) is 40.2 Å². The maximum absolute atomic E-state index is 12.8. The van der Waals surface area contributed by atoms with Crippen molar-refractivity contribution in [2.45, 2.75) is 6.61 Å². The van der Waals surface area contributed by atoms with Gasteiger partial charge in [0.2, 0.25) is 0 Å². The van der Waals surface area contributed by atoms with E-state index < -0.39 is 11.8 Å². The summed E-state index contributed by atoms with van der Waals surface area (Å²) in [6.07, 6.45) is 1.71. The molecule has 1 aliphatic heterocycles. The van der Waals surface area contributed by atoms with Crippen LogP contribution in [0.2, 0.25) is 10.0 Å². The number of thiocarbonyl (C=S) groups is 1. The number of hydrogen-bond donors (Lipinski definition) is 1. The molecule has 1 aliphatic rings. The number of carbonyl (C=O) groups excluding carboxylic acids is 2. The zero-order valence-corrected chi connectivity index (χ0v) is 22.0. The molecule has 4 rings (SSSR count). The van der Waals surface area contributed by atoms with Gasteiger partial charge in [-0.2, -0.15) is 5.01 Å². The van der Waals surface area contributed by atoms with Gasteiger partial charge in [-0.3, -0.25) is 15.0 Å². The maximum Gasteiger partial charge on any atom is 0.285 e.